The number of carbonyl (C=O) groups is 2. The summed E-state index contributed by atoms with van der Waals surface area (Å²) >= 11 is 0. The number of ketones is 1. The Morgan fingerprint density at radius 2 is 2.06 bits per heavy atom. The van der Waals surface area contributed by atoms with Crippen molar-refractivity contribution in [1.82, 2.24) is 10.2 Å². The first-order valence-corrected chi connectivity index (χ1v) is 6.07. The molecule has 0 unspecified atom stereocenters. The average Bonchev–Trinajstić information content (AvgIpc) is 2.87. The molecule has 1 fully saturated rings. The van der Waals surface area contributed by atoms with Crippen LogP contribution < -0.4 is 5.32 Å². The van der Waals surface area contributed by atoms with Gasteiger partial charge in [-0.25, -0.2) is 0 Å². The topological polar surface area (TPSA) is 49.4 Å². The van der Waals surface area contributed by atoms with Gasteiger partial charge in [-0.05, 0) is 0 Å². The maximum atomic E-state index is 12.0. The number of carbonyl (C=O) groups excluding carboxylic acids is 2. The van der Waals surface area contributed by atoms with Gasteiger partial charge in [0.2, 0.25) is 5.91 Å². The van der Waals surface area contributed by atoms with E-state index in [1.54, 1.807) is 17.0 Å². The minimum Gasteiger partial charge on any atom is -0.369 e. The van der Waals surface area contributed by atoms with E-state index in [0.717, 1.165) is 0 Å². The summed E-state index contributed by atoms with van der Waals surface area (Å²) < 4.78 is 0. The predicted molar refractivity (Wildman–Crippen MR) is 68.9 cm³/mol. The van der Waals surface area contributed by atoms with Gasteiger partial charge in [-0.2, -0.15) is 0 Å². The molecule has 0 aliphatic carbocycles. The van der Waals surface area contributed by atoms with E-state index in [4.69, 9.17) is 0 Å². The molecular formula is C14H16N2O2. The van der Waals surface area contributed by atoms with Gasteiger partial charge >= 0.3 is 0 Å². The van der Waals surface area contributed by atoms with E-state index in [2.05, 4.69) is 5.32 Å². The molecule has 0 radical (unpaired) electrons. The zero-order valence-corrected chi connectivity index (χ0v) is 10.3. The van der Waals surface area contributed by atoms with Gasteiger partial charge < -0.3 is 5.32 Å². The molecule has 0 saturated carbocycles. The van der Waals surface area contributed by atoms with Gasteiger partial charge in [-0.1, -0.05) is 37.3 Å². The minimum absolute atomic E-state index is 0.0344. The molecule has 0 bridgehead atoms. The van der Waals surface area contributed by atoms with Crippen LogP contribution in [0.25, 0.3) is 0 Å². The van der Waals surface area contributed by atoms with Crippen molar-refractivity contribution < 1.29 is 9.59 Å². The number of amides is 1. The maximum absolute atomic E-state index is 12.0. The van der Waals surface area contributed by atoms with Gasteiger partial charge in [0.1, 0.15) is 5.82 Å². The highest BCUT2D eigenvalue weighted by Crippen LogP contribution is 2.11. The van der Waals surface area contributed by atoms with E-state index in [0.29, 0.717) is 30.9 Å². The van der Waals surface area contributed by atoms with E-state index < -0.39 is 0 Å². The van der Waals surface area contributed by atoms with Crippen LogP contribution in [0.2, 0.25) is 0 Å². The highest BCUT2D eigenvalue weighted by Gasteiger charge is 2.22. The lowest BCUT2D eigenvalue weighted by molar-refractivity contribution is -0.128. The van der Waals surface area contributed by atoms with Gasteiger partial charge in [-0.15, -0.1) is 0 Å². The average molecular weight is 244 g/mol. The summed E-state index contributed by atoms with van der Waals surface area (Å²) in [4.78, 5) is 25.3. The Kier molecular flexibility index (Phi) is 3.77. The van der Waals surface area contributed by atoms with Crippen LogP contribution >= 0.6 is 0 Å². The Morgan fingerprint density at radius 1 is 1.33 bits per heavy atom. The second kappa shape index (κ2) is 5.49. The summed E-state index contributed by atoms with van der Waals surface area (Å²) in [5.41, 5.74) is 0.627. The summed E-state index contributed by atoms with van der Waals surface area (Å²) in [6, 6.07) is 9.04. The van der Waals surface area contributed by atoms with Crippen molar-refractivity contribution in [1.29, 1.82) is 0 Å². The molecule has 2 rings (SSSR count). The van der Waals surface area contributed by atoms with Crippen LogP contribution in [0.5, 0.6) is 0 Å². The van der Waals surface area contributed by atoms with Crippen molar-refractivity contribution in [3.8, 4) is 0 Å². The standard InChI is InChI=1S/C14H16N2O2/c1-2-14(18)16-9-8-15-13(16)10-12(17)11-6-4-3-5-7-11/h3-7,10,15H,2,8-9H2,1H3/b13-10+. The van der Waals surface area contributed by atoms with Crippen LogP contribution in [0, 0.1) is 0 Å². The van der Waals surface area contributed by atoms with Crippen molar-refractivity contribution in [2.45, 2.75) is 13.3 Å². The number of hydrogen-bond acceptors (Lipinski definition) is 3. The van der Waals surface area contributed by atoms with Crippen LogP contribution in [0.4, 0.5) is 0 Å². The molecule has 1 heterocycles. The number of rotatable bonds is 3. The SMILES string of the molecule is CCC(=O)N1CCN/C1=C\C(=O)c1ccccc1. The lowest BCUT2D eigenvalue weighted by Gasteiger charge is -2.15. The third kappa shape index (κ3) is 2.59. The van der Waals surface area contributed by atoms with Crippen molar-refractivity contribution >= 4 is 11.7 Å². The summed E-state index contributed by atoms with van der Waals surface area (Å²) in [7, 11) is 0. The summed E-state index contributed by atoms with van der Waals surface area (Å²) in [5.74, 6) is 0.553. The number of nitrogens with one attached hydrogen (secondary N) is 1. The van der Waals surface area contributed by atoms with Gasteiger partial charge in [-0.3, -0.25) is 14.5 Å². The zero-order chi connectivity index (χ0) is 13.0. The highest BCUT2D eigenvalue weighted by atomic mass is 16.2. The van der Waals surface area contributed by atoms with Crippen LogP contribution in [0.3, 0.4) is 0 Å². The lowest BCUT2D eigenvalue weighted by atomic mass is 10.1. The van der Waals surface area contributed by atoms with E-state index >= 15 is 0 Å². The summed E-state index contributed by atoms with van der Waals surface area (Å²) in [6.45, 7) is 3.14. The normalized spacial score (nSPS) is 16.7. The molecule has 1 aromatic rings. The van der Waals surface area contributed by atoms with E-state index in [9.17, 15) is 9.59 Å². The molecule has 1 aliphatic heterocycles. The zero-order valence-electron chi connectivity index (χ0n) is 10.3. The first-order valence-electron chi connectivity index (χ1n) is 6.07. The molecule has 1 saturated heterocycles. The maximum Gasteiger partial charge on any atom is 0.227 e. The molecule has 1 amide bonds. The molecule has 4 heteroatoms. The largest absolute Gasteiger partial charge is 0.369 e. The molecule has 1 aliphatic rings. The van der Waals surface area contributed by atoms with Crippen LogP contribution in [0.1, 0.15) is 23.7 Å². The Balaban J connectivity index is 2.18. The third-order valence-electron chi connectivity index (χ3n) is 2.86. The van der Waals surface area contributed by atoms with Crippen LogP contribution in [0.15, 0.2) is 42.2 Å². The Morgan fingerprint density at radius 3 is 2.72 bits per heavy atom. The molecule has 1 N–H and O–H groups in total. The Hall–Kier alpha value is -2.10. The number of nitrogens with zero attached hydrogens (tertiary/aromatic N) is 1. The van der Waals surface area contributed by atoms with Gasteiger partial charge in [0.25, 0.3) is 0 Å². The molecule has 18 heavy (non-hydrogen) atoms. The molecule has 1 aromatic carbocycles. The third-order valence-corrected chi connectivity index (χ3v) is 2.86. The monoisotopic (exact) mass is 244 g/mol. The second-order valence-corrected chi connectivity index (χ2v) is 4.09. The van der Waals surface area contributed by atoms with Crippen molar-refractivity contribution in [3.05, 3.63) is 47.8 Å². The van der Waals surface area contributed by atoms with Gasteiger partial charge in [0.15, 0.2) is 5.78 Å². The van der Waals surface area contributed by atoms with Gasteiger partial charge in [0, 0.05) is 31.1 Å². The van der Waals surface area contributed by atoms with E-state index in [-0.39, 0.29) is 11.7 Å². The molecule has 0 aromatic heterocycles. The quantitative estimate of drug-likeness (QED) is 0.648. The molecule has 0 spiro atoms. The minimum atomic E-state index is -0.0890. The summed E-state index contributed by atoms with van der Waals surface area (Å²) in [5, 5.41) is 3.07. The molecule has 0 atom stereocenters. The smallest absolute Gasteiger partial charge is 0.227 e. The molecule has 94 valence electrons. The van der Waals surface area contributed by atoms with Crippen LogP contribution in [-0.4, -0.2) is 29.7 Å². The Bertz CT molecular complexity index is 480. The first kappa shape index (κ1) is 12.4. The van der Waals surface area contributed by atoms with Crippen molar-refractivity contribution in [2.75, 3.05) is 13.1 Å². The second-order valence-electron chi connectivity index (χ2n) is 4.09. The number of hydrogen-bond donors (Lipinski definition) is 1. The highest BCUT2D eigenvalue weighted by molar-refractivity contribution is 6.05. The first-order chi connectivity index (χ1) is 8.72. The van der Waals surface area contributed by atoms with Crippen molar-refractivity contribution in [3.63, 3.8) is 0 Å². The van der Waals surface area contributed by atoms with E-state index in [1.807, 2.05) is 25.1 Å². The fourth-order valence-corrected chi connectivity index (χ4v) is 1.90. The predicted octanol–water partition coefficient (Wildman–Crippen LogP) is 1.55. The number of allylic oxidation sites excluding steroid dienone is 1. The molecular weight excluding hydrogens is 228 g/mol. The van der Waals surface area contributed by atoms with Crippen molar-refractivity contribution in [2.24, 2.45) is 0 Å². The summed E-state index contributed by atoms with van der Waals surface area (Å²) in [6.07, 6.45) is 1.94. The van der Waals surface area contributed by atoms with E-state index in [1.165, 1.54) is 6.08 Å². The fraction of sp³-hybridized carbons (Fsp3) is 0.286. The van der Waals surface area contributed by atoms with Crippen LogP contribution in [-0.2, 0) is 4.79 Å². The number of benzene rings is 1. The Labute approximate surface area is 106 Å². The molecule has 4 nitrogen and oxygen atoms in total. The fourth-order valence-electron chi connectivity index (χ4n) is 1.90. The lowest BCUT2D eigenvalue weighted by Crippen LogP contribution is -2.27. The van der Waals surface area contributed by atoms with Gasteiger partial charge in [0.05, 0.1) is 0 Å².